The smallest absolute Gasteiger partial charge is 0.250 e. The zero-order valence-electron chi connectivity index (χ0n) is 22.6. The van der Waals surface area contributed by atoms with E-state index in [0.29, 0.717) is 19.1 Å². The van der Waals surface area contributed by atoms with Crippen molar-refractivity contribution < 1.29 is 9.47 Å². The summed E-state index contributed by atoms with van der Waals surface area (Å²) in [6.45, 7) is 3.63. The van der Waals surface area contributed by atoms with Crippen molar-refractivity contribution in [2.45, 2.75) is 44.6 Å². The Kier molecular flexibility index (Phi) is 6.73. The van der Waals surface area contributed by atoms with Gasteiger partial charge in [-0.15, -0.1) is 0 Å². The van der Waals surface area contributed by atoms with E-state index in [1.807, 2.05) is 36.7 Å². The van der Waals surface area contributed by atoms with E-state index in [9.17, 15) is 4.79 Å². The molecule has 4 aromatic rings. The van der Waals surface area contributed by atoms with Crippen LogP contribution in [0.4, 0.5) is 11.4 Å². The number of pyridine rings is 2. The zero-order valence-corrected chi connectivity index (χ0v) is 22.6. The largest absolute Gasteiger partial charge is 0.456 e. The highest BCUT2D eigenvalue weighted by molar-refractivity contribution is 5.74. The summed E-state index contributed by atoms with van der Waals surface area (Å²) in [5, 5.41) is 3.58. The van der Waals surface area contributed by atoms with Gasteiger partial charge in [-0.3, -0.25) is 9.78 Å². The maximum absolute atomic E-state index is 12.6. The molecule has 204 valence electrons. The Hall–Kier alpha value is -4.10. The summed E-state index contributed by atoms with van der Waals surface area (Å²) in [6.07, 6.45) is 9.98. The molecule has 2 aliphatic heterocycles. The number of nitrogens with one attached hydrogen (secondary N) is 2. The van der Waals surface area contributed by atoms with E-state index in [-0.39, 0.29) is 5.56 Å². The molecule has 1 saturated heterocycles. The minimum Gasteiger partial charge on any atom is -0.456 e. The Balaban J connectivity index is 1.10. The standard InChI is InChI=1S/C33H34N4O3/c38-32-18-28(37-10-12-39-13-11-37)17-30(36-32)29-7-3-6-24-15-25-16-27(8-9-31(25)40-33(24)29)35-20-22-14-26(21-34-19-22)23-4-1-2-5-23/h3,6-9,14,16-19,21,23,35H,1-2,4-5,10-13,15,20H2,(H,36,38). The molecule has 3 aliphatic rings. The lowest BCUT2D eigenvalue weighted by Crippen LogP contribution is -2.36. The van der Waals surface area contributed by atoms with E-state index in [0.717, 1.165) is 71.3 Å². The van der Waals surface area contributed by atoms with Crippen LogP contribution in [0.5, 0.6) is 11.5 Å². The third-order valence-electron chi connectivity index (χ3n) is 8.38. The van der Waals surface area contributed by atoms with Gasteiger partial charge in [0.25, 0.3) is 0 Å². The van der Waals surface area contributed by atoms with Crippen LogP contribution >= 0.6 is 0 Å². The first-order valence-electron chi connectivity index (χ1n) is 14.4. The fraction of sp³-hybridized carbons (Fsp3) is 0.333. The molecular weight excluding hydrogens is 500 g/mol. The molecule has 7 heteroatoms. The molecule has 7 nitrogen and oxygen atoms in total. The number of morpholine rings is 1. The number of nitrogens with zero attached hydrogens (tertiary/aromatic N) is 2. The number of rotatable bonds is 6. The Morgan fingerprint density at radius 3 is 2.73 bits per heavy atom. The highest BCUT2D eigenvalue weighted by Crippen LogP contribution is 2.43. The number of anilines is 2. The van der Waals surface area contributed by atoms with Crippen LogP contribution in [0, 0.1) is 0 Å². The van der Waals surface area contributed by atoms with Gasteiger partial charge in [0.05, 0.1) is 18.9 Å². The van der Waals surface area contributed by atoms with Crippen LogP contribution in [0.2, 0.25) is 0 Å². The predicted octanol–water partition coefficient (Wildman–Crippen LogP) is 6.24. The fourth-order valence-corrected chi connectivity index (χ4v) is 6.27. The van der Waals surface area contributed by atoms with Crippen LogP contribution in [0.25, 0.3) is 11.3 Å². The van der Waals surface area contributed by atoms with Gasteiger partial charge in [-0.05, 0) is 65.8 Å². The van der Waals surface area contributed by atoms with Gasteiger partial charge in [-0.25, -0.2) is 0 Å². The highest BCUT2D eigenvalue weighted by Gasteiger charge is 2.23. The predicted molar refractivity (Wildman–Crippen MR) is 158 cm³/mol. The number of H-pyrrole nitrogens is 1. The van der Waals surface area contributed by atoms with Gasteiger partial charge in [0.15, 0.2) is 0 Å². The summed E-state index contributed by atoms with van der Waals surface area (Å²) in [6, 6.07) is 18.5. The molecule has 0 unspecified atom stereocenters. The second-order valence-corrected chi connectivity index (χ2v) is 11.1. The van der Waals surface area contributed by atoms with Crippen LogP contribution in [-0.4, -0.2) is 36.3 Å². The van der Waals surface area contributed by atoms with E-state index in [1.54, 1.807) is 6.07 Å². The number of aromatic nitrogens is 2. The van der Waals surface area contributed by atoms with Gasteiger partial charge in [0, 0.05) is 67.0 Å². The lowest BCUT2D eigenvalue weighted by atomic mass is 9.96. The third kappa shape index (κ3) is 5.09. The number of fused-ring (bicyclic) bond motifs is 2. The van der Waals surface area contributed by atoms with Crippen molar-refractivity contribution in [3.8, 4) is 22.8 Å². The number of hydrogen-bond acceptors (Lipinski definition) is 6. The Labute approximate surface area is 234 Å². The summed E-state index contributed by atoms with van der Waals surface area (Å²) < 4.78 is 12.0. The van der Waals surface area contributed by atoms with Crippen molar-refractivity contribution >= 4 is 11.4 Å². The molecule has 2 fully saturated rings. The van der Waals surface area contributed by atoms with Crippen molar-refractivity contribution in [1.29, 1.82) is 0 Å². The quantitative estimate of drug-likeness (QED) is 0.269. The molecule has 1 saturated carbocycles. The van der Waals surface area contributed by atoms with Crippen LogP contribution in [0.1, 0.15) is 53.9 Å². The van der Waals surface area contributed by atoms with Crippen LogP contribution in [0.15, 0.2) is 71.8 Å². The summed E-state index contributed by atoms with van der Waals surface area (Å²) in [5.41, 5.74) is 8.35. The van der Waals surface area contributed by atoms with E-state index in [1.165, 1.54) is 36.8 Å². The second-order valence-electron chi connectivity index (χ2n) is 11.1. The molecule has 4 heterocycles. The van der Waals surface area contributed by atoms with Crippen molar-refractivity contribution in [3.05, 3.63) is 99.6 Å². The second kappa shape index (κ2) is 10.8. The first kappa shape index (κ1) is 24.9. The topological polar surface area (TPSA) is 79.5 Å². The highest BCUT2D eigenvalue weighted by atomic mass is 16.5. The molecule has 0 spiro atoms. The number of hydrogen-bond donors (Lipinski definition) is 2. The van der Waals surface area contributed by atoms with Crippen LogP contribution < -0.4 is 20.5 Å². The first-order chi connectivity index (χ1) is 19.7. The van der Waals surface area contributed by atoms with Gasteiger partial charge in [0.1, 0.15) is 11.5 Å². The van der Waals surface area contributed by atoms with Gasteiger partial charge in [0.2, 0.25) is 5.56 Å². The van der Waals surface area contributed by atoms with Crippen LogP contribution in [0.3, 0.4) is 0 Å². The summed E-state index contributed by atoms with van der Waals surface area (Å²) in [7, 11) is 0. The molecule has 0 amide bonds. The number of benzene rings is 2. The molecule has 0 bridgehead atoms. The fourth-order valence-electron chi connectivity index (χ4n) is 6.27. The average molecular weight is 535 g/mol. The van der Waals surface area contributed by atoms with E-state index < -0.39 is 0 Å². The first-order valence-corrected chi connectivity index (χ1v) is 14.4. The SMILES string of the molecule is O=c1cc(N2CCOCC2)cc(-c2cccc3c2Oc2ccc(NCc4cncc(C5CCCC5)c4)cc2C3)[nH]1. The van der Waals surface area contributed by atoms with Crippen molar-refractivity contribution in [3.63, 3.8) is 0 Å². The Morgan fingerprint density at radius 1 is 0.975 bits per heavy atom. The third-order valence-corrected chi connectivity index (χ3v) is 8.38. The van der Waals surface area contributed by atoms with Crippen molar-refractivity contribution in [1.82, 2.24) is 9.97 Å². The van der Waals surface area contributed by atoms with Crippen molar-refractivity contribution in [2.75, 3.05) is 36.5 Å². The van der Waals surface area contributed by atoms with Gasteiger partial charge >= 0.3 is 0 Å². The van der Waals surface area contributed by atoms with E-state index >= 15 is 0 Å². The zero-order chi connectivity index (χ0) is 26.9. The summed E-state index contributed by atoms with van der Waals surface area (Å²) in [4.78, 5) is 22.4. The summed E-state index contributed by atoms with van der Waals surface area (Å²) in [5.74, 6) is 2.32. The molecule has 0 radical (unpaired) electrons. The van der Waals surface area contributed by atoms with E-state index in [2.05, 4.69) is 44.5 Å². The van der Waals surface area contributed by atoms with Gasteiger partial charge < -0.3 is 24.7 Å². The van der Waals surface area contributed by atoms with Gasteiger partial charge in [-0.2, -0.15) is 0 Å². The molecule has 0 atom stereocenters. The Bertz CT molecular complexity index is 1590. The molecule has 2 aromatic heterocycles. The lowest BCUT2D eigenvalue weighted by Gasteiger charge is -2.29. The minimum absolute atomic E-state index is 0.118. The minimum atomic E-state index is -0.118. The maximum Gasteiger partial charge on any atom is 0.250 e. The molecule has 2 aromatic carbocycles. The number of para-hydroxylation sites is 1. The summed E-state index contributed by atoms with van der Waals surface area (Å²) >= 11 is 0. The van der Waals surface area contributed by atoms with Crippen LogP contribution in [-0.2, 0) is 17.7 Å². The monoisotopic (exact) mass is 534 g/mol. The van der Waals surface area contributed by atoms with E-state index in [4.69, 9.17) is 9.47 Å². The molecule has 40 heavy (non-hydrogen) atoms. The Morgan fingerprint density at radius 2 is 1.85 bits per heavy atom. The molecule has 7 rings (SSSR count). The lowest BCUT2D eigenvalue weighted by molar-refractivity contribution is 0.122. The number of ether oxygens (including phenoxy) is 2. The normalized spacial score (nSPS) is 16.8. The maximum atomic E-state index is 12.6. The van der Waals surface area contributed by atoms with Gasteiger partial charge in [-0.1, -0.05) is 31.0 Å². The van der Waals surface area contributed by atoms with Crippen molar-refractivity contribution in [2.24, 2.45) is 0 Å². The number of aromatic amines is 1. The molecule has 1 aliphatic carbocycles. The molecular formula is C33H34N4O3. The molecule has 2 N–H and O–H groups in total. The average Bonchev–Trinajstić information content (AvgIpc) is 3.54.